The zero-order valence-corrected chi connectivity index (χ0v) is 8.00. The monoisotopic (exact) mass is 202 g/mol. The number of carboxylic acid groups (broad SMARTS) is 1. The molecule has 1 fully saturated rings. The Morgan fingerprint density at radius 1 is 1.69 bits per heavy atom. The predicted molar refractivity (Wildman–Crippen MR) is 49.2 cm³/mol. The number of aliphatic carboxylic acids is 1. The van der Waals surface area contributed by atoms with Crippen molar-refractivity contribution in [3.05, 3.63) is 0 Å². The number of likely N-dealkylation sites (N-methyl/N-ethyl adjacent to an activating group) is 1. The molecule has 0 aromatic heterocycles. The number of carbonyl (C=O) groups is 2. The lowest BCUT2D eigenvalue weighted by atomic mass is 10.5. The van der Waals surface area contributed by atoms with Gasteiger partial charge in [-0.25, -0.2) is 0 Å². The fourth-order valence-corrected chi connectivity index (χ4v) is 1.49. The number of thiocarbonyl (C=S) groups is 1. The first-order valence-corrected chi connectivity index (χ1v) is 4.28. The second-order valence-electron chi connectivity index (χ2n) is 2.67. The van der Waals surface area contributed by atoms with E-state index in [1.54, 1.807) is 4.90 Å². The predicted octanol–water partition coefficient (Wildman–Crippen LogP) is -0.480. The van der Waals surface area contributed by atoms with Gasteiger partial charge in [-0.3, -0.25) is 14.5 Å². The summed E-state index contributed by atoms with van der Waals surface area (Å²) in [7, 11) is 0. The highest BCUT2D eigenvalue weighted by atomic mass is 32.1. The Balaban J connectivity index is 2.70. The first-order chi connectivity index (χ1) is 6.06. The Bertz CT molecular complexity index is 266. The fourth-order valence-electron chi connectivity index (χ4n) is 1.13. The maximum atomic E-state index is 11.2. The van der Waals surface area contributed by atoms with E-state index in [0.29, 0.717) is 11.7 Å². The molecule has 0 radical (unpaired) electrons. The first kappa shape index (κ1) is 9.91. The van der Waals surface area contributed by atoms with Crippen LogP contribution in [0.15, 0.2) is 0 Å². The summed E-state index contributed by atoms with van der Waals surface area (Å²) in [6.07, 6.45) is 0. The minimum Gasteiger partial charge on any atom is -0.480 e. The van der Waals surface area contributed by atoms with Crippen LogP contribution < -0.4 is 0 Å². The van der Waals surface area contributed by atoms with Crippen LogP contribution in [0.25, 0.3) is 0 Å². The smallest absolute Gasteiger partial charge is 0.323 e. The van der Waals surface area contributed by atoms with Gasteiger partial charge in [0.05, 0.1) is 6.54 Å². The lowest BCUT2D eigenvalue weighted by molar-refractivity contribution is -0.140. The molecule has 1 rings (SSSR count). The second kappa shape index (κ2) is 3.69. The topological polar surface area (TPSA) is 60.9 Å². The maximum absolute atomic E-state index is 11.2. The molecule has 0 unspecified atom stereocenters. The van der Waals surface area contributed by atoms with Crippen LogP contribution in [0.3, 0.4) is 0 Å². The number of amides is 1. The molecule has 1 heterocycles. The van der Waals surface area contributed by atoms with Crippen LogP contribution in [0.2, 0.25) is 0 Å². The summed E-state index contributed by atoms with van der Waals surface area (Å²) in [5.74, 6) is -1.29. The van der Waals surface area contributed by atoms with Gasteiger partial charge < -0.3 is 10.0 Å². The van der Waals surface area contributed by atoms with Crippen molar-refractivity contribution in [2.45, 2.75) is 6.92 Å². The van der Waals surface area contributed by atoms with Crippen LogP contribution in [-0.2, 0) is 9.59 Å². The van der Waals surface area contributed by atoms with E-state index >= 15 is 0 Å². The molecular formula is C7H10N2O3S. The van der Waals surface area contributed by atoms with Gasteiger partial charge in [0.1, 0.15) is 6.54 Å². The fraction of sp³-hybridized carbons (Fsp3) is 0.571. The average molecular weight is 202 g/mol. The average Bonchev–Trinajstić information content (AvgIpc) is 2.31. The molecule has 0 aliphatic carbocycles. The summed E-state index contributed by atoms with van der Waals surface area (Å²) in [6, 6.07) is 0. The molecule has 0 aromatic carbocycles. The molecule has 1 amide bonds. The van der Waals surface area contributed by atoms with Crippen LogP contribution in [0.4, 0.5) is 0 Å². The maximum Gasteiger partial charge on any atom is 0.323 e. The molecule has 0 atom stereocenters. The molecule has 13 heavy (non-hydrogen) atoms. The van der Waals surface area contributed by atoms with E-state index in [1.165, 1.54) is 0 Å². The SMILES string of the molecule is CCN1CC(=O)N(CC(=O)O)C1=S. The number of rotatable bonds is 3. The standard InChI is InChI=1S/C7H10N2O3S/c1-2-8-3-5(10)9(7(8)13)4-6(11)12/h2-4H2,1H3,(H,11,12). The van der Waals surface area contributed by atoms with Gasteiger partial charge in [0, 0.05) is 6.54 Å². The van der Waals surface area contributed by atoms with Gasteiger partial charge in [-0.1, -0.05) is 0 Å². The summed E-state index contributed by atoms with van der Waals surface area (Å²) < 4.78 is 0. The van der Waals surface area contributed by atoms with Crippen molar-refractivity contribution >= 4 is 29.2 Å². The van der Waals surface area contributed by atoms with Gasteiger partial charge in [0.2, 0.25) is 5.91 Å². The largest absolute Gasteiger partial charge is 0.480 e. The van der Waals surface area contributed by atoms with Crippen molar-refractivity contribution in [1.82, 2.24) is 9.80 Å². The Morgan fingerprint density at radius 3 is 2.69 bits per heavy atom. The number of hydrogen-bond acceptors (Lipinski definition) is 3. The van der Waals surface area contributed by atoms with E-state index < -0.39 is 5.97 Å². The molecule has 0 spiro atoms. The molecule has 6 heteroatoms. The van der Waals surface area contributed by atoms with E-state index in [1.807, 2.05) is 6.92 Å². The summed E-state index contributed by atoms with van der Waals surface area (Å²) >= 11 is 4.92. The molecule has 0 saturated carbocycles. The van der Waals surface area contributed by atoms with Crippen molar-refractivity contribution < 1.29 is 14.7 Å². The van der Waals surface area contributed by atoms with Crippen molar-refractivity contribution in [3.63, 3.8) is 0 Å². The molecule has 1 aliphatic heterocycles. The first-order valence-electron chi connectivity index (χ1n) is 3.87. The zero-order valence-electron chi connectivity index (χ0n) is 7.19. The molecule has 5 nitrogen and oxygen atoms in total. The third-order valence-electron chi connectivity index (χ3n) is 1.80. The molecule has 1 aliphatic rings. The van der Waals surface area contributed by atoms with E-state index in [0.717, 1.165) is 4.90 Å². The Morgan fingerprint density at radius 2 is 2.31 bits per heavy atom. The highest BCUT2D eigenvalue weighted by Gasteiger charge is 2.32. The highest BCUT2D eigenvalue weighted by Crippen LogP contribution is 2.09. The van der Waals surface area contributed by atoms with Gasteiger partial charge in [-0.05, 0) is 19.1 Å². The van der Waals surface area contributed by atoms with Crippen molar-refractivity contribution in [2.75, 3.05) is 19.6 Å². The molecule has 1 N–H and O–H groups in total. The highest BCUT2D eigenvalue weighted by molar-refractivity contribution is 7.80. The van der Waals surface area contributed by atoms with Gasteiger partial charge in [0.15, 0.2) is 5.11 Å². The van der Waals surface area contributed by atoms with Gasteiger partial charge in [0.25, 0.3) is 0 Å². The zero-order chi connectivity index (χ0) is 10.0. The summed E-state index contributed by atoms with van der Waals surface area (Å²) in [4.78, 5) is 24.4. The molecular weight excluding hydrogens is 192 g/mol. The van der Waals surface area contributed by atoms with Crippen molar-refractivity contribution in [1.29, 1.82) is 0 Å². The van der Waals surface area contributed by atoms with E-state index in [4.69, 9.17) is 17.3 Å². The number of carboxylic acids is 1. The van der Waals surface area contributed by atoms with Gasteiger partial charge in [-0.15, -0.1) is 0 Å². The molecule has 1 saturated heterocycles. The van der Waals surface area contributed by atoms with Crippen LogP contribution in [0.1, 0.15) is 6.92 Å². The number of carbonyl (C=O) groups excluding carboxylic acids is 1. The number of nitrogens with zero attached hydrogens (tertiary/aromatic N) is 2. The number of hydrogen-bond donors (Lipinski definition) is 1. The normalized spacial score (nSPS) is 17.0. The lowest BCUT2D eigenvalue weighted by Crippen LogP contribution is -2.36. The molecule has 72 valence electrons. The van der Waals surface area contributed by atoms with E-state index in [2.05, 4.69) is 0 Å². The van der Waals surface area contributed by atoms with Crippen molar-refractivity contribution in [2.24, 2.45) is 0 Å². The minimum atomic E-state index is -1.05. The van der Waals surface area contributed by atoms with E-state index in [-0.39, 0.29) is 19.0 Å². The van der Waals surface area contributed by atoms with E-state index in [9.17, 15) is 9.59 Å². The van der Waals surface area contributed by atoms with Gasteiger partial charge >= 0.3 is 5.97 Å². The summed E-state index contributed by atoms with van der Waals surface area (Å²) in [5.41, 5.74) is 0. The quantitative estimate of drug-likeness (QED) is 0.626. The summed E-state index contributed by atoms with van der Waals surface area (Å²) in [6.45, 7) is 2.35. The third kappa shape index (κ3) is 1.95. The van der Waals surface area contributed by atoms with Crippen LogP contribution in [0, 0.1) is 0 Å². The third-order valence-corrected chi connectivity index (χ3v) is 2.28. The van der Waals surface area contributed by atoms with Crippen molar-refractivity contribution in [3.8, 4) is 0 Å². The molecule has 0 aromatic rings. The Labute approximate surface area is 80.9 Å². The molecule has 0 bridgehead atoms. The van der Waals surface area contributed by atoms with Crippen LogP contribution >= 0.6 is 12.2 Å². The Kier molecular flexibility index (Phi) is 2.82. The Hall–Kier alpha value is -1.17. The van der Waals surface area contributed by atoms with Gasteiger partial charge in [-0.2, -0.15) is 0 Å². The minimum absolute atomic E-state index is 0.197. The second-order valence-corrected chi connectivity index (χ2v) is 3.04. The summed E-state index contributed by atoms with van der Waals surface area (Å²) in [5, 5.41) is 8.81. The van der Waals surface area contributed by atoms with Crippen LogP contribution in [-0.4, -0.2) is 51.5 Å². The van der Waals surface area contributed by atoms with Crippen LogP contribution in [0.5, 0.6) is 0 Å². The lowest BCUT2D eigenvalue weighted by Gasteiger charge is -2.16.